The Hall–Kier alpha value is -1.85. The van der Waals surface area contributed by atoms with Gasteiger partial charge in [0.15, 0.2) is 0 Å². The van der Waals surface area contributed by atoms with Gasteiger partial charge in [-0.2, -0.15) is 0 Å². The van der Waals surface area contributed by atoms with Gasteiger partial charge in [0, 0.05) is 12.1 Å². The summed E-state index contributed by atoms with van der Waals surface area (Å²) in [5.41, 5.74) is 2.08. The number of hydrogen-bond donors (Lipinski definition) is 1. The number of nitrogens with zero attached hydrogens (tertiary/aromatic N) is 1. The Kier molecular flexibility index (Phi) is 5.57. The van der Waals surface area contributed by atoms with Crippen molar-refractivity contribution in [1.82, 2.24) is 10.2 Å². The fourth-order valence-electron chi connectivity index (χ4n) is 2.39. The first-order valence-electron chi connectivity index (χ1n) is 7.16. The summed E-state index contributed by atoms with van der Waals surface area (Å²) in [6.07, 6.45) is 0. The van der Waals surface area contributed by atoms with E-state index in [9.17, 15) is 4.79 Å². The van der Waals surface area contributed by atoms with Crippen LogP contribution in [0.15, 0.2) is 35.7 Å². The summed E-state index contributed by atoms with van der Waals surface area (Å²) in [7, 11) is 5.67. The van der Waals surface area contributed by atoms with Crippen LogP contribution in [0.4, 0.5) is 0 Å². The van der Waals surface area contributed by atoms with Crippen LogP contribution in [0.3, 0.4) is 0 Å². The minimum atomic E-state index is -0.0192. The Labute approximate surface area is 135 Å². The van der Waals surface area contributed by atoms with Crippen LogP contribution in [0, 0.1) is 6.92 Å². The van der Waals surface area contributed by atoms with Crippen molar-refractivity contribution >= 4 is 17.2 Å². The number of para-hydroxylation sites is 1. The van der Waals surface area contributed by atoms with Gasteiger partial charge in [0.05, 0.1) is 18.0 Å². The highest BCUT2D eigenvalue weighted by Gasteiger charge is 2.20. The maximum atomic E-state index is 12.3. The number of likely N-dealkylation sites (N-methyl/N-ethyl adjacent to an activating group) is 1. The molecule has 1 unspecified atom stereocenters. The zero-order chi connectivity index (χ0) is 16.1. The Morgan fingerprint density at radius 2 is 2.05 bits per heavy atom. The Morgan fingerprint density at radius 3 is 2.64 bits per heavy atom. The molecule has 1 N–H and O–H groups in total. The quantitative estimate of drug-likeness (QED) is 0.890. The lowest BCUT2D eigenvalue weighted by atomic mass is 10.0. The zero-order valence-corrected chi connectivity index (χ0v) is 14.2. The van der Waals surface area contributed by atoms with E-state index < -0.39 is 0 Å². The van der Waals surface area contributed by atoms with Crippen LogP contribution < -0.4 is 10.1 Å². The number of thiophene rings is 1. The monoisotopic (exact) mass is 318 g/mol. The van der Waals surface area contributed by atoms with Crippen molar-refractivity contribution in [1.29, 1.82) is 0 Å². The average molecular weight is 318 g/mol. The van der Waals surface area contributed by atoms with Crippen molar-refractivity contribution < 1.29 is 9.53 Å². The van der Waals surface area contributed by atoms with Gasteiger partial charge in [0.1, 0.15) is 5.75 Å². The van der Waals surface area contributed by atoms with Crippen molar-refractivity contribution in [2.45, 2.75) is 13.0 Å². The maximum absolute atomic E-state index is 12.3. The summed E-state index contributed by atoms with van der Waals surface area (Å²) in [5, 5.41) is 4.97. The Bertz CT molecular complexity index is 637. The van der Waals surface area contributed by atoms with Crippen molar-refractivity contribution in [2.75, 3.05) is 27.7 Å². The zero-order valence-electron chi connectivity index (χ0n) is 13.4. The van der Waals surface area contributed by atoms with E-state index in [1.807, 2.05) is 56.7 Å². The summed E-state index contributed by atoms with van der Waals surface area (Å²) in [5.74, 6) is 0.817. The lowest BCUT2D eigenvalue weighted by Gasteiger charge is -2.26. The fourth-order valence-corrected chi connectivity index (χ4v) is 3.23. The fraction of sp³-hybridized carbons (Fsp3) is 0.353. The number of ether oxygens (including phenoxy) is 1. The van der Waals surface area contributed by atoms with E-state index in [1.165, 1.54) is 11.3 Å². The van der Waals surface area contributed by atoms with Gasteiger partial charge in [0.2, 0.25) is 0 Å². The van der Waals surface area contributed by atoms with E-state index in [1.54, 1.807) is 7.11 Å². The lowest BCUT2D eigenvalue weighted by molar-refractivity contribution is 0.0945. The maximum Gasteiger partial charge on any atom is 0.261 e. The van der Waals surface area contributed by atoms with Crippen molar-refractivity contribution in [2.24, 2.45) is 0 Å². The summed E-state index contributed by atoms with van der Waals surface area (Å²) in [6, 6.07) is 9.93. The van der Waals surface area contributed by atoms with Crippen LogP contribution in [0.5, 0.6) is 5.75 Å². The molecule has 4 nitrogen and oxygen atoms in total. The Morgan fingerprint density at radius 1 is 1.32 bits per heavy atom. The summed E-state index contributed by atoms with van der Waals surface area (Å²) >= 11 is 1.47. The molecule has 1 heterocycles. The van der Waals surface area contributed by atoms with E-state index >= 15 is 0 Å². The number of rotatable bonds is 6. The molecule has 1 atom stereocenters. The van der Waals surface area contributed by atoms with Gasteiger partial charge in [-0.05, 0) is 44.1 Å². The molecule has 2 aromatic rings. The van der Waals surface area contributed by atoms with E-state index in [4.69, 9.17) is 4.74 Å². The number of amides is 1. The molecule has 2 rings (SSSR count). The van der Waals surface area contributed by atoms with Crippen LogP contribution >= 0.6 is 11.3 Å². The molecular formula is C17H22N2O2S. The third kappa shape index (κ3) is 3.67. The molecule has 1 aromatic heterocycles. The van der Waals surface area contributed by atoms with Gasteiger partial charge < -0.3 is 15.0 Å². The highest BCUT2D eigenvalue weighted by molar-refractivity contribution is 7.12. The van der Waals surface area contributed by atoms with Crippen LogP contribution in [0.25, 0.3) is 0 Å². The second-order valence-corrected chi connectivity index (χ2v) is 6.28. The van der Waals surface area contributed by atoms with E-state index in [0.29, 0.717) is 6.54 Å². The highest BCUT2D eigenvalue weighted by Crippen LogP contribution is 2.27. The van der Waals surface area contributed by atoms with E-state index in [2.05, 4.69) is 10.2 Å². The number of benzene rings is 1. The Balaban J connectivity index is 2.13. The summed E-state index contributed by atoms with van der Waals surface area (Å²) in [4.78, 5) is 15.1. The van der Waals surface area contributed by atoms with Crippen molar-refractivity contribution in [3.05, 3.63) is 51.7 Å². The molecule has 1 aromatic carbocycles. The van der Waals surface area contributed by atoms with Gasteiger partial charge >= 0.3 is 0 Å². The third-order valence-corrected chi connectivity index (χ3v) is 4.66. The number of aryl methyl sites for hydroxylation is 1. The second kappa shape index (κ2) is 7.42. The number of nitrogens with one attached hydrogen (secondary N) is 1. The largest absolute Gasteiger partial charge is 0.496 e. The highest BCUT2D eigenvalue weighted by atomic mass is 32.1. The normalized spacial score (nSPS) is 12.2. The van der Waals surface area contributed by atoms with Crippen LogP contribution in [0.1, 0.15) is 26.8 Å². The molecule has 0 saturated carbocycles. The number of carbonyl (C=O) groups excluding carboxylic acids is 1. The molecule has 5 heteroatoms. The van der Waals surface area contributed by atoms with Crippen molar-refractivity contribution in [3.63, 3.8) is 0 Å². The van der Waals surface area contributed by atoms with Gasteiger partial charge in [-0.1, -0.05) is 18.2 Å². The predicted octanol–water partition coefficient (Wildman–Crippen LogP) is 3.10. The van der Waals surface area contributed by atoms with E-state index in [0.717, 1.165) is 21.8 Å². The minimum absolute atomic E-state index is 0.0192. The lowest BCUT2D eigenvalue weighted by Crippen LogP contribution is -2.34. The number of hydrogen-bond acceptors (Lipinski definition) is 4. The third-order valence-electron chi connectivity index (χ3n) is 3.65. The number of methoxy groups -OCH3 is 1. The van der Waals surface area contributed by atoms with Gasteiger partial charge in [0.25, 0.3) is 5.91 Å². The molecule has 0 aliphatic heterocycles. The van der Waals surface area contributed by atoms with Crippen molar-refractivity contribution in [3.8, 4) is 5.75 Å². The summed E-state index contributed by atoms with van der Waals surface area (Å²) in [6.45, 7) is 2.48. The first-order valence-corrected chi connectivity index (χ1v) is 8.04. The van der Waals surface area contributed by atoms with Gasteiger partial charge in [-0.15, -0.1) is 11.3 Å². The molecule has 118 valence electrons. The molecule has 0 fully saturated rings. The average Bonchev–Trinajstić information content (AvgIpc) is 2.93. The molecule has 22 heavy (non-hydrogen) atoms. The molecular weight excluding hydrogens is 296 g/mol. The van der Waals surface area contributed by atoms with Gasteiger partial charge in [-0.3, -0.25) is 4.79 Å². The molecule has 0 aliphatic rings. The molecule has 0 saturated heterocycles. The molecule has 0 bridgehead atoms. The first-order chi connectivity index (χ1) is 10.5. The molecule has 0 spiro atoms. The second-order valence-electron chi connectivity index (χ2n) is 5.36. The first kappa shape index (κ1) is 16.5. The van der Waals surface area contributed by atoms with Crippen LogP contribution in [0.2, 0.25) is 0 Å². The molecule has 0 aliphatic carbocycles. The van der Waals surface area contributed by atoms with Crippen LogP contribution in [-0.2, 0) is 0 Å². The topological polar surface area (TPSA) is 41.6 Å². The summed E-state index contributed by atoms with van der Waals surface area (Å²) < 4.78 is 5.44. The van der Waals surface area contributed by atoms with Gasteiger partial charge in [-0.25, -0.2) is 0 Å². The standard InChI is InChI=1S/C17H22N2O2S/c1-12-9-10-22-16(12)17(20)18-11-14(19(2)3)13-7-5-6-8-15(13)21-4/h5-10,14H,11H2,1-4H3,(H,18,20). The van der Waals surface area contributed by atoms with E-state index in [-0.39, 0.29) is 11.9 Å². The molecule has 0 radical (unpaired) electrons. The van der Waals surface area contributed by atoms with Crippen LogP contribution in [-0.4, -0.2) is 38.6 Å². The number of carbonyl (C=O) groups is 1. The minimum Gasteiger partial charge on any atom is -0.496 e. The predicted molar refractivity (Wildman–Crippen MR) is 90.8 cm³/mol. The SMILES string of the molecule is COc1ccccc1C(CNC(=O)c1sccc1C)N(C)C. The molecule has 1 amide bonds. The smallest absolute Gasteiger partial charge is 0.261 e.